The summed E-state index contributed by atoms with van der Waals surface area (Å²) in [5, 5.41) is 0. The number of rotatable bonds is 4. The lowest BCUT2D eigenvalue weighted by atomic mass is 9.96. The monoisotopic (exact) mass is 312 g/mol. The zero-order chi connectivity index (χ0) is 16.3. The number of halogens is 4. The van der Waals surface area contributed by atoms with E-state index in [0.29, 0.717) is 16.7 Å². The van der Waals surface area contributed by atoms with Crippen LogP contribution in [0.5, 0.6) is 5.75 Å². The Hall–Kier alpha value is -2.37. The molecule has 2 aromatic rings. The van der Waals surface area contributed by atoms with Crippen molar-refractivity contribution in [2.75, 3.05) is 0 Å². The third-order valence-corrected chi connectivity index (χ3v) is 3.00. The van der Waals surface area contributed by atoms with Crippen LogP contribution in [0.25, 0.3) is 11.1 Å². The summed E-state index contributed by atoms with van der Waals surface area (Å²) in [5.41, 5.74) is 1.10. The molecule has 0 saturated heterocycles. The van der Waals surface area contributed by atoms with E-state index in [4.69, 9.17) is 0 Å². The predicted octanol–water partition coefficient (Wildman–Crippen LogP) is 4.98. The Morgan fingerprint density at radius 1 is 1.09 bits per heavy atom. The van der Waals surface area contributed by atoms with Crippen molar-refractivity contribution in [3.05, 3.63) is 53.8 Å². The molecule has 0 atom stereocenters. The van der Waals surface area contributed by atoms with Crippen molar-refractivity contribution in [3.8, 4) is 16.9 Å². The molecule has 0 unspecified atom stereocenters. The van der Waals surface area contributed by atoms with Gasteiger partial charge in [0.1, 0.15) is 11.6 Å². The minimum absolute atomic E-state index is 0.175. The number of ether oxygens (including phenoxy) is 1. The van der Waals surface area contributed by atoms with Crippen molar-refractivity contribution in [2.24, 2.45) is 0 Å². The fraction of sp³-hybridized carbons (Fsp3) is 0.188. The molecule has 0 bridgehead atoms. The van der Waals surface area contributed by atoms with Crippen LogP contribution in [-0.4, -0.2) is 12.1 Å². The summed E-state index contributed by atoms with van der Waals surface area (Å²) >= 11 is 0. The molecule has 116 valence electrons. The van der Waals surface area contributed by atoms with Crippen LogP contribution < -0.4 is 4.74 Å². The molecule has 0 aliphatic carbocycles. The first-order valence-electron chi connectivity index (χ1n) is 6.49. The Morgan fingerprint density at radius 3 is 2.27 bits per heavy atom. The van der Waals surface area contributed by atoms with Gasteiger partial charge in [-0.15, -0.1) is 13.2 Å². The number of carbonyl (C=O) groups excluding carboxylic acids is 1. The van der Waals surface area contributed by atoms with Gasteiger partial charge in [0.2, 0.25) is 0 Å². The Balaban J connectivity index is 2.39. The smallest absolute Gasteiger partial charge is 0.406 e. The largest absolute Gasteiger partial charge is 0.573 e. The molecule has 22 heavy (non-hydrogen) atoms. The molecule has 2 nitrogen and oxygen atoms in total. The van der Waals surface area contributed by atoms with Gasteiger partial charge in [0.05, 0.1) is 0 Å². The molecule has 0 N–H and O–H groups in total. The van der Waals surface area contributed by atoms with E-state index < -0.39 is 12.2 Å². The maximum Gasteiger partial charge on any atom is 0.573 e. The lowest BCUT2D eigenvalue weighted by Crippen LogP contribution is -2.16. The zero-order valence-corrected chi connectivity index (χ0v) is 11.6. The van der Waals surface area contributed by atoms with Gasteiger partial charge in [-0.1, -0.05) is 19.1 Å². The van der Waals surface area contributed by atoms with Crippen molar-refractivity contribution in [2.45, 2.75) is 19.7 Å². The summed E-state index contributed by atoms with van der Waals surface area (Å²) in [6, 6.07) is 8.67. The first kappa shape index (κ1) is 16.0. The lowest BCUT2D eigenvalue weighted by molar-refractivity contribution is -0.274. The van der Waals surface area contributed by atoms with Crippen molar-refractivity contribution in [1.82, 2.24) is 0 Å². The van der Waals surface area contributed by atoms with Gasteiger partial charge >= 0.3 is 6.36 Å². The summed E-state index contributed by atoms with van der Waals surface area (Å²) in [6.07, 6.45) is -4.53. The van der Waals surface area contributed by atoms with Crippen LogP contribution in [0.2, 0.25) is 0 Å². The minimum Gasteiger partial charge on any atom is -0.406 e. The average Bonchev–Trinajstić information content (AvgIpc) is 2.45. The number of ketones is 1. The third-order valence-electron chi connectivity index (χ3n) is 3.00. The number of carbonyl (C=O) groups is 1. The number of alkyl halides is 3. The van der Waals surface area contributed by atoms with E-state index in [2.05, 4.69) is 4.74 Å². The van der Waals surface area contributed by atoms with Crippen LogP contribution in [0.4, 0.5) is 17.6 Å². The molecule has 6 heteroatoms. The molecule has 0 heterocycles. The summed E-state index contributed by atoms with van der Waals surface area (Å²) in [7, 11) is 0. The van der Waals surface area contributed by atoms with Gasteiger partial charge in [0.25, 0.3) is 0 Å². The molecular weight excluding hydrogens is 300 g/mol. The van der Waals surface area contributed by atoms with E-state index in [1.165, 1.54) is 30.3 Å². The van der Waals surface area contributed by atoms with Crippen LogP contribution in [0, 0.1) is 5.82 Å². The van der Waals surface area contributed by atoms with E-state index in [9.17, 15) is 22.4 Å². The second kappa shape index (κ2) is 6.17. The summed E-state index contributed by atoms with van der Waals surface area (Å²) in [5.74, 6) is -1.08. The molecule has 0 radical (unpaired) electrons. The molecule has 2 aromatic carbocycles. The van der Waals surface area contributed by atoms with Gasteiger partial charge < -0.3 is 4.74 Å². The highest BCUT2D eigenvalue weighted by Gasteiger charge is 2.31. The topological polar surface area (TPSA) is 26.3 Å². The fourth-order valence-corrected chi connectivity index (χ4v) is 2.03. The van der Waals surface area contributed by atoms with E-state index in [0.717, 1.165) is 12.1 Å². The average molecular weight is 312 g/mol. The van der Waals surface area contributed by atoms with Gasteiger partial charge in [0.15, 0.2) is 5.78 Å². The molecule has 0 aromatic heterocycles. The van der Waals surface area contributed by atoms with Gasteiger partial charge in [-0.25, -0.2) is 4.39 Å². The Bertz CT molecular complexity index is 676. The van der Waals surface area contributed by atoms with Gasteiger partial charge in [-0.2, -0.15) is 0 Å². The first-order valence-corrected chi connectivity index (χ1v) is 6.49. The standard InChI is InChI=1S/C16H12F4O2/c1-2-15(21)13-8-5-11(17)9-14(13)10-3-6-12(7-4-10)22-16(18,19)20/h3-9H,2H2,1H3. The summed E-state index contributed by atoms with van der Waals surface area (Å²) < 4.78 is 53.5. The molecule has 0 spiro atoms. The summed E-state index contributed by atoms with van der Waals surface area (Å²) in [4.78, 5) is 11.9. The van der Waals surface area contributed by atoms with Crippen LogP contribution in [0.3, 0.4) is 0 Å². The molecule has 0 aliphatic rings. The molecule has 0 saturated carbocycles. The number of hydrogen-bond acceptors (Lipinski definition) is 2. The van der Waals surface area contributed by atoms with Crippen molar-refractivity contribution >= 4 is 5.78 Å². The fourth-order valence-electron chi connectivity index (χ4n) is 2.03. The zero-order valence-electron chi connectivity index (χ0n) is 11.6. The number of hydrogen-bond donors (Lipinski definition) is 0. The molecule has 0 amide bonds. The lowest BCUT2D eigenvalue weighted by Gasteiger charge is -2.11. The quantitative estimate of drug-likeness (QED) is 0.587. The summed E-state index contributed by atoms with van der Waals surface area (Å²) in [6.45, 7) is 1.68. The highest BCUT2D eigenvalue weighted by atomic mass is 19.4. The van der Waals surface area contributed by atoms with E-state index in [1.54, 1.807) is 6.92 Å². The van der Waals surface area contributed by atoms with Gasteiger partial charge in [-0.05, 0) is 41.5 Å². The van der Waals surface area contributed by atoms with E-state index in [-0.39, 0.29) is 18.0 Å². The number of benzene rings is 2. The van der Waals surface area contributed by atoms with Crippen molar-refractivity contribution in [1.29, 1.82) is 0 Å². The van der Waals surface area contributed by atoms with Crippen LogP contribution >= 0.6 is 0 Å². The van der Waals surface area contributed by atoms with E-state index in [1.807, 2.05) is 0 Å². The van der Waals surface area contributed by atoms with Crippen LogP contribution in [0.15, 0.2) is 42.5 Å². The molecule has 0 aliphatic heterocycles. The maximum atomic E-state index is 13.4. The Morgan fingerprint density at radius 2 is 1.73 bits per heavy atom. The van der Waals surface area contributed by atoms with Gasteiger partial charge in [-0.3, -0.25) is 4.79 Å². The second-order valence-corrected chi connectivity index (χ2v) is 4.54. The normalized spacial score (nSPS) is 11.3. The first-order chi connectivity index (χ1) is 10.3. The van der Waals surface area contributed by atoms with E-state index >= 15 is 0 Å². The van der Waals surface area contributed by atoms with Gasteiger partial charge in [0, 0.05) is 12.0 Å². The SMILES string of the molecule is CCC(=O)c1ccc(F)cc1-c1ccc(OC(F)(F)F)cc1. The van der Waals surface area contributed by atoms with Crippen molar-refractivity contribution < 1.29 is 27.1 Å². The third kappa shape index (κ3) is 3.84. The highest BCUT2D eigenvalue weighted by Crippen LogP contribution is 2.29. The Kier molecular flexibility index (Phi) is 4.49. The predicted molar refractivity (Wildman–Crippen MR) is 73.1 cm³/mol. The molecular formula is C16H12F4O2. The van der Waals surface area contributed by atoms with Crippen LogP contribution in [0.1, 0.15) is 23.7 Å². The molecule has 0 fully saturated rings. The van der Waals surface area contributed by atoms with Crippen LogP contribution in [-0.2, 0) is 0 Å². The Labute approximate surface area is 124 Å². The maximum absolute atomic E-state index is 13.4. The number of Topliss-reactive ketones (excluding diaryl/α,β-unsaturated/α-hetero) is 1. The molecule has 2 rings (SSSR count). The second-order valence-electron chi connectivity index (χ2n) is 4.54. The van der Waals surface area contributed by atoms with Crippen molar-refractivity contribution in [3.63, 3.8) is 0 Å². The highest BCUT2D eigenvalue weighted by molar-refractivity contribution is 6.02. The minimum atomic E-state index is -4.77.